The zero-order chi connectivity index (χ0) is 12.8. The van der Waals surface area contributed by atoms with Crippen molar-refractivity contribution in [3.8, 4) is 0 Å². The highest BCUT2D eigenvalue weighted by atomic mass is 32.2. The van der Waals surface area contributed by atoms with Gasteiger partial charge in [0.15, 0.2) is 0 Å². The number of para-hydroxylation sites is 1. The molecule has 0 aliphatic rings. The summed E-state index contributed by atoms with van der Waals surface area (Å²) in [5.74, 6) is 2.38. The molecule has 0 fully saturated rings. The minimum Gasteiger partial charge on any atom is -0.342 e. The second-order valence-corrected chi connectivity index (χ2v) is 5.72. The fourth-order valence-electron chi connectivity index (χ4n) is 2.23. The van der Waals surface area contributed by atoms with E-state index in [0.29, 0.717) is 0 Å². The van der Waals surface area contributed by atoms with Crippen LogP contribution in [0.2, 0.25) is 0 Å². The smallest absolute Gasteiger partial charge is 0.0483 e. The van der Waals surface area contributed by atoms with E-state index < -0.39 is 0 Å². The predicted molar refractivity (Wildman–Crippen MR) is 82.3 cm³/mol. The van der Waals surface area contributed by atoms with Crippen LogP contribution in [0, 0.1) is 0 Å². The van der Waals surface area contributed by atoms with Crippen molar-refractivity contribution in [3.05, 3.63) is 36.0 Å². The van der Waals surface area contributed by atoms with Crippen molar-refractivity contribution >= 4 is 22.7 Å². The second-order valence-electron chi connectivity index (χ2n) is 4.32. The summed E-state index contributed by atoms with van der Waals surface area (Å²) in [4.78, 5) is 0. The molecule has 3 heteroatoms. The largest absolute Gasteiger partial charge is 0.342 e. The number of fused-ring (bicyclic) bond motifs is 1. The molecule has 1 aromatic heterocycles. The molecule has 0 bridgehead atoms. The maximum atomic E-state index is 3.43. The molecule has 0 amide bonds. The Morgan fingerprint density at radius 1 is 1.22 bits per heavy atom. The minimum atomic E-state index is 0.960. The van der Waals surface area contributed by atoms with Crippen LogP contribution < -0.4 is 5.32 Å². The van der Waals surface area contributed by atoms with Crippen LogP contribution in [0.4, 0.5) is 0 Å². The third-order valence-electron chi connectivity index (χ3n) is 3.12. The molecule has 18 heavy (non-hydrogen) atoms. The molecule has 1 aromatic carbocycles. The Labute approximate surface area is 114 Å². The third kappa shape index (κ3) is 3.09. The van der Waals surface area contributed by atoms with Gasteiger partial charge >= 0.3 is 0 Å². The van der Waals surface area contributed by atoms with E-state index in [0.717, 1.165) is 19.6 Å². The van der Waals surface area contributed by atoms with Crippen molar-refractivity contribution in [2.75, 3.05) is 18.1 Å². The minimum absolute atomic E-state index is 0.960. The van der Waals surface area contributed by atoms with Gasteiger partial charge in [-0.1, -0.05) is 32.0 Å². The molecule has 2 nitrogen and oxygen atoms in total. The predicted octanol–water partition coefficient (Wildman–Crippen LogP) is 3.50. The molecule has 2 aromatic rings. The van der Waals surface area contributed by atoms with Crippen molar-refractivity contribution in [2.24, 2.45) is 0 Å². The number of aromatic nitrogens is 1. The Hall–Kier alpha value is -0.930. The number of nitrogens with zero attached hydrogens (tertiary/aromatic N) is 1. The van der Waals surface area contributed by atoms with Gasteiger partial charge in [-0.2, -0.15) is 11.8 Å². The van der Waals surface area contributed by atoms with Crippen LogP contribution in [0.3, 0.4) is 0 Å². The molecule has 0 unspecified atom stereocenters. The van der Waals surface area contributed by atoms with Gasteiger partial charge in [0.1, 0.15) is 0 Å². The molecule has 0 atom stereocenters. The molecular weight excluding hydrogens is 240 g/mol. The molecule has 0 aliphatic heterocycles. The molecule has 0 radical (unpaired) electrons. The average Bonchev–Trinajstić information content (AvgIpc) is 2.75. The summed E-state index contributed by atoms with van der Waals surface area (Å²) in [6, 6.07) is 11.0. The summed E-state index contributed by atoms with van der Waals surface area (Å²) < 4.78 is 2.46. The Morgan fingerprint density at radius 3 is 2.83 bits per heavy atom. The summed E-state index contributed by atoms with van der Waals surface area (Å²) in [5, 5.41) is 4.78. The van der Waals surface area contributed by atoms with Crippen LogP contribution in [0.15, 0.2) is 30.3 Å². The Kier molecular flexibility index (Phi) is 5.14. The van der Waals surface area contributed by atoms with E-state index in [2.05, 4.69) is 54.1 Å². The van der Waals surface area contributed by atoms with Gasteiger partial charge in [0.25, 0.3) is 0 Å². The zero-order valence-electron chi connectivity index (χ0n) is 11.3. The van der Waals surface area contributed by atoms with Gasteiger partial charge < -0.3 is 9.88 Å². The Morgan fingerprint density at radius 2 is 2.06 bits per heavy atom. The van der Waals surface area contributed by atoms with Gasteiger partial charge in [0.05, 0.1) is 0 Å². The van der Waals surface area contributed by atoms with Crippen molar-refractivity contribution in [1.82, 2.24) is 9.88 Å². The van der Waals surface area contributed by atoms with Crippen LogP contribution in [-0.2, 0) is 13.1 Å². The zero-order valence-corrected chi connectivity index (χ0v) is 12.1. The number of benzene rings is 1. The van der Waals surface area contributed by atoms with E-state index in [-0.39, 0.29) is 0 Å². The third-order valence-corrected chi connectivity index (χ3v) is 4.00. The molecule has 1 heterocycles. The number of hydrogen-bond donors (Lipinski definition) is 1. The second kappa shape index (κ2) is 6.86. The Balaban J connectivity index is 2.25. The summed E-state index contributed by atoms with van der Waals surface area (Å²) >= 11 is 2.01. The molecular formula is C15H22N2S. The summed E-state index contributed by atoms with van der Waals surface area (Å²) in [6.45, 7) is 7.46. The van der Waals surface area contributed by atoms with E-state index in [1.165, 1.54) is 28.1 Å². The summed E-state index contributed by atoms with van der Waals surface area (Å²) in [7, 11) is 0. The number of hydrogen-bond acceptors (Lipinski definition) is 2. The normalized spacial score (nSPS) is 11.2. The van der Waals surface area contributed by atoms with Gasteiger partial charge in [-0.25, -0.2) is 0 Å². The first-order chi connectivity index (χ1) is 8.86. The van der Waals surface area contributed by atoms with Gasteiger partial charge in [-0.15, -0.1) is 0 Å². The van der Waals surface area contributed by atoms with Crippen LogP contribution in [0.1, 0.15) is 19.5 Å². The van der Waals surface area contributed by atoms with E-state index in [1.807, 2.05) is 11.8 Å². The maximum Gasteiger partial charge on any atom is 0.0483 e. The molecule has 0 saturated heterocycles. The van der Waals surface area contributed by atoms with Crippen LogP contribution >= 0.6 is 11.8 Å². The highest BCUT2D eigenvalue weighted by Gasteiger charge is 2.07. The first kappa shape index (κ1) is 13.5. The van der Waals surface area contributed by atoms with Gasteiger partial charge in [-0.3, -0.25) is 0 Å². The number of rotatable bonds is 7. The fraction of sp³-hybridized carbons (Fsp3) is 0.467. The van der Waals surface area contributed by atoms with E-state index >= 15 is 0 Å². The van der Waals surface area contributed by atoms with Gasteiger partial charge in [0.2, 0.25) is 0 Å². The molecule has 0 aliphatic carbocycles. The first-order valence-electron chi connectivity index (χ1n) is 6.72. The van der Waals surface area contributed by atoms with E-state index in [4.69, 9.17) is 0 Å². The molecule has 2 rings (SSSR count). The van der Waals surface area contributed by atoms with Gasteiger partial charge in [0, 0.05) is 30.1 Å². The number of aryl methyl sites for hydroxylation is 1. The topological polar surface area (TPSA) is 17.0 Å². The van der Waals surface area contributed by atoms with E-state index in [1.54, 1.807) is 0 Å². The SMILES string of the molecule is CCNCc1cc2ccccc2n1CCSCC. The van der Waals surface area contributed by atoms with Crippen molar-refractivity contribution in [3.63, 3.8) is 0 Å². The van der Waals surface area contributed by atoms with Crippen LogP contribution in [-0.4, -0.2) is 22.6 Å². The fourth-order valence-corrected chi connectivity index (χ4v) is 2.83. The van der Waals surface area contributed by atoms with Crippen LogP contribution in [0.5, 0.6) is 0 Å². The monoisotopic (exact) mass is 262 g/mol. The number of nitrogens with one attached hydrogen (secondary N) is 1. The molecule has 0 saturated carbocycles. The van der Waals surface area contributed by atoms with Crippen molar-refractivity contribution < 1.29 is 0 Å². The summed E-state index contributed by atoms with van der Waals surface area (Å²) in [6.07, 6.45) is 0. The van der Waals surface area contributed by atoms with Crippen molar-refractivity contribution in [2.45, 2.75) is 26.9 Å². The molecule has 1 N–H and O–H groups in total. The Bertz CT molecular complexity index is 490. The lowest BCUT2D eigenvalue weighted by atomic mass is 10.2. The highest BCUT2D eigenvalue weighted by molar-refractivity contribution is 7.99. The number of thioether (sulfide) groups is 1. The average molecular weight is 262 g/mol. The molecule has 0 spiro atoms. The first-order valence-corrected chi connectivity index (χ1v) is 7.88. The highest BCUT2D eigenvalue weighted by Crippen LogP contribution is 2.20. The van der Waals surface area contributed by atoms with Crippen molar-refractivity contribution in [1.29, 1.82) is 0 Å². The lowest BCUT2D eigenvalue weighted by molar-refractivity contribution is 0.659. The summed E-state index contributed by atoms with van der Waals surface area (Å²) in [5.41, 5.74) is 2.76. The van der Waals surface area contributed by atoms with Crippen LogP contribution in [0.25, 0.3) is 10.9 Å². The maximum absolute atomic E-state index is 3.43. The van der Waals surface area contributed by atoms with Gasteiger partial charge in [-0.05, 0) is 29.8 Å². The quantitative estimate of drug-likeness (QED) is 0.769. The molecule has 98 valence electrons. The van der Waals surface area contributed by atoms with E-state index in [9.17, 15) is 0 Å². The standard InChI is InChI=1S/C15H22N2S/c1-3-16-12-14-11-13-7-5-6-8-15(13)17(14)9-10-18-4-2/h5-8,11,16H,3-4,9-10,12H2,1-2H3. The lowest BCUT2D eigenvalue weighted by Gasteiger charge is -2.10. The lowest BCUT2D eigenvalue weighted by Crippen LogP contribution is -2.16.